The summed E-state index contributed by atoms with van der Waals surface area (Å²) >= 11 is 0. The lowest BCUT2D eigenvalue weighted by Gasteiger charge is -2.35. The molecule has 0 aliphatic carbocycles. The van der Waals surface area contributed by atoms with Crippen LogP contribution < -0.4 is 0 Å². The number of rotatable bonds is 3. The normalized spacial score (nSPS) is 16.8. The highest BCUT2D eigenvalue weighted by molar-refractivity contribution is 5.83. The smallest absolute Gasteiger partial charge is 0.242 e. The van der Waals surface area contributed by atoms with Gasteiger partial charge in [-0.3, -0.25) is 4.79 Å². The van der Waals surface area contributed by atoms with Gasteiger partial charge in [-0.15, -0.1) is 0 Å². The Labute approximate surface area is 125 Å². The summed E-state index contributed by atoms with van der Waals surface area (Å²) < 4.78 is 2.05. The van der Waals surface area contributed by atoms with Crippen molar-refractivity contribution < 1.29 is 4.79 Å². The van der Waals surface area contributed by atoms with Crippen LogP contribution in [0.2, 0.25) is 0 Å². The molecule has 0 bridgehead atoms. The molecule has 1 aliphatic heterocycles. The minimum absolute atomic E-state index is 0.230. The van der Waals surface area contributed by atoms with Gasteiger partial charge in [-0.25, -0.2) is 0 Å². The molecule has 1 fully saturated rings. The Kier molecular flexibility index (Phi) is 3.97. The van der Waals surface area contributed by atoms with Gasteiger partial charge in [0.05, 0.1) is 0 Å². The Bertz CT molecular complexity index is 624. The number of aromatic nitrogens is 1. The van der Waals surface area contributed by atoms with Crippen LogP contribution in [0.1, 0.15) is 12.8 Å². The van der Waals surface area contributed by atoms with Gasteiger partial charge in [0.2, 0.25) is 5.91 Å². The molecule has 2 heterocycles. The Morgan fingerprint density at radius 2 is 1.90 bits per heavy atom. The number of amides is 1. The van der Waals surface area contributed by atoms with Crippen LogP contribution in [0, 0.1) is 0 Å². The van der Waals surface area contributed by atoms with Crippen LogP contribution in [0.15, 0.2) is 36.5 Å². The zero-order chi connectivity index (χ0) is 14.8. The summed E-state index contributed by atoms with van der Waals surface area (Å²) in [7, 11) is 4.24. The highest BCUT2D eigenvalue weighted by atomic mass is 16.2. The van der Waals surface area contributed by atoms with Gasteiger partial charge in [0, 0.05) is 30.8 Å². The molecule has 0 unspecified atom stereocenters. The third-order valence-electron chi connectivity index (χ3n) is 4.53. The lowest BCUT2D eigenvalue weighted by atomic mass is 10.0. The van der Waals surface area contributed by atoms with Crippen molar-refractivity contribution in [3.8, 4) is 0 Å². The predicted octanol–water partition coefficient (Wildman–Crippen LogP) is 2.19. The molecule has 4 nitrogen and oxygen atoms in total. The molecule has 4 heteroatoms. The average molecular weight is 285 g/mol. The van der Waals surface area contributed by atoms with E-state index in [1.54, 1.807) is 0 Å². The number of likely N-dealkylation sites (tertiary alicyclic amines) is 1. The van der Waals surface area contributed by atoms with E-state index in [4.69, 9.17) is 0 Å². The molecular weight excluding hydrogens is 262 g/mol. The number of nitrogens with zero attached hydrogens (tertiary/aromatic N) is 3. The van der Waals surface area contributed by atoms with Gasteiger partial charge in [-0.2, -0.15) is 0 Å². The fraction of sp³-hybridized carbons (Fsp3) is 0.471. The van der Waals surface area contributed by atoms with Gasteiger partial charge in [0.1, 0.15) is 6.54 Å². The van der Waals surface area contributed by atoms with E-state index in [0.29, 0.717) is 12.6 Å². The van der Waals surface area contributed by atoms with E-state index in [-0.39, 0.29) is 5.91 Å². The monoisotopic (exact) mass is 285 g/mol. The number of carbonyl (C=O) groups is 1. The largest absolute Gasteiger partial charge is 0.341 e. The first-order valence-corrected chi connectivity index (χ1v) is 7.63. The zero-order valence-electron chi connectivity index (χ0n) is 12.8. The lowest BCUT2D eigenvalue weighted by molar-refractivity contribution is -0.133. The molecule has 1 aromatic carbocycles. The summed E-state index contributed by atoms with van der Waals surface area (Å²) in [6, 6.07) is 10.9. The third kappa shape index (κ3) is 2.95. The maximum atomic E-state index is 12.5. The van der Waals surface area contributed by atoms with Gasteiger partial charge < -0.3 is 14.4 Å². The molecule has 112 valence electrons. The van der Waals surface area contributed by atoms with Gasteiger partial charge in [-0.1, -0.05) is 18.2 Å². The maximum Gasteiger partial charge on any atom is 0.242 e. The Morgan fingerprint density at radius 3 is 2.62 bits per heavy atom. The predicted molar refractivity (Wildman–Crippen MR) is 85.2 cm³/mol. The Balaban J connectivity index is 1.65. The van der Waals surface area contributed by atoms with Crippen LogP contribution in [0.5, 0.6) is 0 Å². The van der Waals surface area contributed by atoms with Crippen molar-refractivity contribution in [1.29, 1.82) is 0 Å². The molecule has 3 rings (SSSR count). The van der Waals surface area contributed by atoms with E-state index in [1.165, 1.54) is 5.39 Å². The molecule has 0 saturated carbocycles. The average Bonchev–Trinajstić information content (AvgIpc) is 2.91. The van der Waals surface area contributed by atoms with Gasteiger partial charge in [0.15, 0.2) is 0 Å². The van der Waals surface area contributed by atoms with Crippen molar-refractivity contribution in [3.63, 3.8) is 0 Å². The topological polar surface area (TPSA) is 28.5 Å². The van der Waals surface area contributed by atoms with Crippen molar-refractivity contribution in [2.45, 2.75) is 25.4 Å². The molecule has 1 aliphatic rings. The molecule has 1 saturated heterocycles. The van der Waals surface area contributed by atoms with E-state index >= 15 is 0 Å². The van der Waals surface area contributed by atoms with Gasteiger partial charge >= 0.3 is 0 Å². The molecule has 0 radical (unpaired) electrons. The van der Waals surface area contributed by atoms with Crippen LogP contribution in [0.4, 0.5) is 0 Å². The molecule has 21 heavy (non-hydrogen) atoms. The first-order chi connectivity index (χ1) is 10.1. The van der Waals surface area contributed by atoms with Gasteiger partial charge in [0.25, 0.3) is 0 Å². The van der Waals surface area contributed by atoms with Crippen LogP contribution in [0.3, 0.4) is 0 Å². The zero-order valence-corrected chi connectivity index (χ0v) is 12.8. The summed E-state index contributed by atoms with van der Waals surface area (Å²) in [5, 5.41) is 1.19. The molecule has 1 amide bonds. The van der Waals surface area contributed by atoms with E-state index in [1.807, 2.05) is 23.2 Å². The summed E-state index contributed by atoms with van der Waals surface area (Å²) in [5.41, 5.74) is 1.13. The van der Waals surface area contributed by atoms with Crippen molar-refractivity contribution in [1.82, 2.24) is 14.4 Å². The third-order valence-corrected chi connectivity index (χ3v) is 4.53. The molecule has 2 aromatic rings. The van der Waals surface area contributed by atoms with Crippen LogP contribution in [-0.4, -0.2) is 53.5 Å². The maximum absolute atomic E-state index is 12.5. The first kappa shape index (κ1) is 14.1. The molecule has 0 spiro atoms. The second kappa shape index (κ2) is 5.90. The van der Waals surface area contributed by atoms with Crippen molar-refractivity contribution >= 4 is 16.8 Å². The van der Waals surface area contributed by atoms with Crippen molar-refractivity contribution in [2.75, 3.05) is 27.2 Å². The number of fused-ring (bicyclic) bond motifs is 1. The molecule has 0 N–H and O–H groups in total. The van der Waals surface area contributed by atoms with Crippen molar-refractivity contribution in [3.05, 3.63) is 36.5 Å². The quantitative estimate of drug-likeness (QED) is 0.865. The van der Waals surface area contributed by atoms with E-state index in [0.717, 1.165) is 31.4 Å². The van der Waals surface area contributed by atoms with Crippen LogP contribution >= 0.6 is 0 Å². The second-order valence-corrected chi connectivity index (χ2v) is 6.08. The standard InChI is InChI=1S/C17H23N3O/c1-18(2)15-8-11-19(12-9-15)17(21)13-20-10-7-14-5-3-4-6-16(14)20/h3-7,10,15H,8-9,11-13H2,1-2H3. The summed E-state index contributed by atoms with van der Waals surface area (Å²) in [6.45, 7) is 2.20. The minimum atomic E-state index is 0.230. The number of para-hydroxylation sites is 1. The molecule has 1 aromatic heterocycles. The SMILES string of the molecule is CN(C)C1CCN(C(=O)Cn2ccc3ccccc32)CC1. The van der Waals surface area contributed by atoms with Crippen LogP contribution in [-0.2, 0) is 11.3 Å². The summed E-state index contributed by atoms with van der Waals surface area (Å²) in [5.74, 6) is 0.230. The second-order valence-electron chi connectivity index (χ2n) is 6.08. The molecular formula is C17H23N3O. The molecule has 0 atom stereocenters. The Hall–Kier alpha value is -1.81. The van der Waals surface area contributed by atoms with E-state index < -0.39 is 0 Å². The minimum Gasteiger partial charge on any atom is -0.341 e. The van der Waals surface area contributed by atoms with Crippen LogP contribution in [0.25, 0.3) is 10.9 Å². The summed E-state index contributed by atoms with van der Waals surface area (Å²) in [4.78, 5) is 16.8. The highest BCUT2D eigenvalue weighted by Gasteiger charge is 2.23. The number of hydrogen-bond donors (Lipinski definition) is 0. The number of hydrogen-bond acceptors (Lipinski definition) is 2. The highest BCUT2D eigenvalue weighted by Crippen LogP contribution is 2.17. The van der Waals surface area contributed by atoms with E-state index in [9.17, 15) is 4.79 Å². The summed E-state index contributed by atoms with van der Waals surface area (Å²) in [6.07, 6.45) is 4.16. The lowest BCUT2D eigenvalue weighted by Crippen LogP contribution is -2.45. The number of carbonyl (C=O) groups excluding carboxylic acids is 1. The van der Waals surface area contributed by atoms with Crippen molar-refractivity contribution in [2.24, 2.45) is 0 Å². The Morgan fingerprint density at radius 1 is 1.19 bits per heavy atom. The van der Waals surface area contributed by atoms with E-state index in [2.05, 4.69) is 41.8 Å². The van der Waals surface area contributed by atoms with Gasteiger partial charge in [-0.05, 0) is 44.5 Å². The number of piperidine rings is 1. The first-order valence-electron chi connectivity index (χ1n) is 7.63. The fourth-order valence-electron chi connectivity index (χ4n) is 3.16. The fourth-order valence-corrected chi connectivity index (χ4v) is 3.16. The number of benzene rings is 1.